The molecule has 1 saturated heterocycles. The molecule has 0 unspecified atom stereocenters. The summed E-state index contributed by atoms with van der Waals surface area (Å²) in [6.07, 6.45) is 0. The number of para-hydroxylation sites is 1. The standard InChI is InChI=1S/C38H36BrN5O2/c1-41-18-20-42(21-19-41)24-28-15-16-29-25-44(36-13-7-2-8-27(36)23-43(28)29)38(46)34-17-14-26(22-35(34)39)30-9-3-4-10-31(30)32-11-5-6-12-33(32)37(40)45/h2-17,22H,18-21,23-25H2,1H3,(H2,40,45). The number of fused-ring (bicyclic) bond motifs is 2. The van der Waals surface area contributed by atoms with E-state index in [1.165, 1.54) is 5.69 Å². The van der Waals surface area contributed by atoms with Crippen LogP contribution in [0.15, 0.2) is 108 Å². The number of nitrogens with two attached hydrogens (primary N) is 1. The number of rotatable bonds is 6. The number of piperazine rings is 1. The average molecular weight is 675 g/mol. The highest BCUT2D eigenvalue weighted by Crippen LogP contribution is 2.37. The van der Waals surface area contributed by atoms with Crippen molar-refractivity contribution < 1.29 is 9.59 Å². The van der Waals surface area contributed by atoms with Crippen LogP contribution in [0.25, 0.3) is 22.3 Å². The molecule has 2 N–H and O–H groups in total. The Bertz CT molecular complexity index is 1940. The van der Waals surface area contributed by atoms with Crippen LogP contribution in [0.2, 0.25) is 0 Å². The van der Waals surface area contributed by atoms with Crippen LogP contribution in [0.1, 0.15) is 37.7 Å². The van der Waals surface area contributed by atoms with Gasteiger partial charge in [-0.15, -0.1) is 0 Å². The van der Waals surface area contributed by atoms with E-state index in [9.17, 15) is 9.59 Å². The molecule has 0 atom stereocenters. The molecular weight excluding hydrogens is 638 g/mol. The Balaban J connectivity index is 1.21. The summed E-state index contributed by atoms with van der Waals surface area (Å²) in [6.45, 7) is 6.41. The summed E-state index contributed by atoms with van der Waals surface area (Å²) >= 11 is 3.75. The van der Waals surface area contributed by atoms with E-state index in [4.69, 9.17) is 5.73 Å². The first kappa shape index (κ1) is 30.2. The van der Waals surface area contributed by atoms with Gasteiger partial charge in [0.05, 0.1) is 12.1 Å². The number of likely N-dealkylation sites (N-methyl/N-ethyl adjacent to an activating group) is 1. The van der Waals surface area contributed by atoms with Gasteiger partial charge >= 0.3 is 0 Å². The molecule has 1 fully saturated rings. The summed E-state index contributed by atoms with van der Waals surface area (Å²) in [7, 11) is 2.18. The number of aromatic nitrogens is 1. The summed E-state index contributed by atoms with van der Waals surface area (Å²) in [5.74, 6) is -0.531. The summed E-state index contributed by atoms with van der Waals surface area (Å²) in [5, 5.41) is 0. The third-order valence-corrected chi connectivity index (χ3v) is 9.90. The number of carbonyl (C=O) groups excluding carboxylic acids is 2. The van der Waals surface area contributed by atoms with Gasteiger partial charge in [-0.05, 0) is 87.2 Å². The lowest BCUT2D eigenvalue weighted by molar-refractivity contribution is 0.0981. The number of halogens is 1. The van der Waals surface area contributed by atoms with Crippen LogP contribution in [-0.4, -0.2) is 59.4 Å². The van der Waals surface area contributed by atoms with Crippen LogP contribution in [0.5, 0.6) is 0 Å². The van der Waals surface area contributed by atoms with Gasteiger partial charge in [0.1, 0.15) is 0 Å². The quantitative estimate of drug-likeness (QED) is 0.219. The minimum Gasteiger partial charge on any atom is -0.366 e. The minimum atomic E-state index is -0.470. The van der Waals surface area contributed by atoms with Crippen molar-refractivity contribution in [2.24, 2.45) is 5.73 Å². The number of amides is 2. The highest BCUT2D eigenvalue weighted by molar-refractivity contribution is 9.10. The van der Waals surface area contributed by atoms with Crippen molar-refractivity contribution >= 4 is 33.4 Å². The Labute approximate surface area is 278 Å². The molecule has 8 heteroatoms. The first-order valence-corrected chi connectivity index (χ1v) is 16.4. The van der Waals surface area contributed by atoms with E-state index < -0.39 is 5.91 Å². The zero-order valence-electron chi connectivity index (χ0n) is 25.8. The molecule has 0 aliphatic carbocycles. The molecule has 232 valence electrons. The zero-order chi connectivity index (χ0) is 31.8. The van der Waals surface area contributed by atoms with Gasteiger partial charge in [-0.2, -0.15) is 0 Å². The molecule has 2 aliphatic rings. The van der Waals surface area contributed by atoms with Crippen molar-refractivity contribution in [3.63, 3.8) is 0 Å². The van der Waals surface area contributed by atoms with Gasteiger partial charge in [0.15, 0.2) is 0 Å². The highest BCUT2D eigenvalue weighted by Gasteiger charge is 2.28. The van der Waals surface area contributed by atoms with Crippen LogP contribution < -0.4 is 10.6 Å². The maximum absolute atomic E-state index is 14.4. The number of hydrogen-bond donors (Lipinski definition) is 1. The fourth-order valence-corrected chi connectivity index (χ4v) is 7.23. The molecule has 1 aromatic heterocycles. The van der Waals surface area contributed by atoms with Crippen LogP contribution >= 0.6 is 15.9 Å². The molecule has 0 radical (unpaired) electrons. The molecule has 0 spiro atoms. The van der Waals surface area contributed by atoms with E-state index >= 15 is 0 Å². The van der Waals surface area contributed by atoms with Crippen LogP contribution in [0, 0.1) is 0 Å². The van der Waals surface area contributed by atoms with Gasteiger partial charge in [-0.1, -0.05) is 66.7 Å². The van der Waals surface area contributed by atoms with E-state index in [0.29, 0.717) is 22.1 Å². The second-order valence-electron chi connectivity index (χ2n) is 12.2. The van der Waals surface area contributed by atoms with Gasteiger partial charge in [-0.25, -0.2) is 0 Å². The number of hydrogen-bond acceptors (Lipinski definition) is 4. The fraction of sp³-hybridized carbons (Fsp3) is 0.211. The van der Waals surface area contributed by atoms with Gasteiger partial charge in [0.25, 0.3) is 5.91 Å². The second kappa shape index (κ2) is 12.7. The van der Waals surface area contributed by atoms with Crippen molar-refractivity contribution in [2.75, 3.05) is 38.1 Å². The summed E-state index contributed by atoms with van der Waals surface area (Å²) < 4.78 is 3.10. The van der Waals surface area contributed by atoms with E-state index in [1.807, 2.05) is 71.6 Å². The van der Waals surface area contributed by atoms with E-state index in [-0.39, 0.29) is 5.91 Å². The molecule has 0 saturated carbocycles. The van der Waals surface area contributed by atoms with Crippen LogP contribution in [0.3, 0.4) is 0 Å². The molecule has 7 rings (SSSR count). The summed E-state index contributed by atoms with van der Waals surface area (Å²) in [6, 6.07) is 33.8. The lowest BCUT2D eigenvalue weighted by Crippen LogP contribution is -2.44. The Morgan fingerprint density at radius 2 is 1.43 bits per heavy atom. The maximum atomic E-state index is 14.4. The molecule has 0 bridgehead atoms. The number of primary amides is 1. The summed E-state index contributed by atoms with van der Waals surface area (Å²) in [4.78, 5) is 33.4. The number of nitrogens with zero attached hydrogens (tertiary/aromatic N) is 4. The maximum Gasteiger partial charge on any atom is 0.259 e. The molecule has 2 amide bonds. The predicted molar refractivity (Wildman–Crippen MR) is 187 cm³/mol. The fourth-order valence-electron chi connectivity index (χ4n) is 6.68. The zero-order valence-corrected chi connectivity index (χ0v) is 27.4. The smallest absolute Gasteiger partial charge is 0.259 e. The van der Waals surface area contributed by atoms with Crippen molar-refractivity contribution in [1.29, 1.82) is 0 Å². The van der Waals surface area contributed by atoms with Crippen molar-refractivity contribution in [1.82, 2.24) is 14.4 Å². The van der Waals surface area contributed by atoms with Gasteiger partial charge < -0.3 is 20.1 Å². The lowest BCUT2D eigenvalue weighted by atomic mass is 9.91. The Hall–Kier alpha value is -4.50. The van der Waals surface area contributed by atoms with Crippen LogP contribution in [-0.2, 0) is 19.6 Å². The van der Waals surface area contributed by atoms with Gasteiger partial charge in [0.2, 0.25) is 5.91 Å². The Morgan fingerprint density at radius 1 is 0.739 bits per heavy atom. The Morgan fingerprint density at radius 3 is 2.20 bits per heavy atom. The number of carbonyl (C=O) groups is 2. The van der Waals surface area contributed by atoms with Crippen molar-refractivity contribution in [3.05, 3.63) is 136 Å². The first-order chi connectivity index (χ1) is 22.4. The molecule has 2 aliphatic heterocycles. The Kier molecular flexibility index (Phi) is 8.34. The lowest BCUT2D eigenvalue weighted by Gasteiger charge is -2.32. The highest BCUT2D eigenvalue weighted by atomic mass is 79.9. The monoisotopic (exact) mass is 673 g/mol. The van der Waals surface area contributed by atoms with E-state index in [1.54, 1.807) is 6.07 Å². The first-order valence-electron chi connectivity index (χ1n) is 15.6. The average Bonchev–Trinajstić information content (AvgIpc) is 3.35. The van der Waals surface area contributed by atoms with Crippen molar-refractivity contribution in [2.45, 2.75) is 19.6 Å². The number of benzene rings is 4. The minimum absolute atomic E-state index is 0.0616. The molecular formula is C38H36BrN5O2. The molecule has 5 aromatic rings. The molecule has 4 aromatic carbocycles. The summed E-state index contributed by atoms with van der Waals surface area (Å²) in [5.41, 5.74) is 14.8. The predicted octanol–water partition coefficient (Wildman–Crippen LogP) is 6.64. The van der Waals surface area contributed by atoms with E-state index in [0.717, 1.165) is 78.5 Å². The van der Waals surface area contributed by atoms with Gasteiger partial charge in [-0.3, -0.25) is 14.5 Å². The SMILES string of the molecule is CN1CCN(Cc2ccc3n2Cc2ccccc2N(C(=O)c2ccc(-c4ccccc4-c4ccccc4C(N)=O)cc2Br)C3)CC1. The van der Waals surface area contributed by atoms with Crippen LogP contribution in [0.4, 0.5) is 5.69 Å². The third kappa shape index (κ3) is 5.80. The van der Waals surface area contributed by atoms with Gasteiger partial charge in [0, 0.05) is 66.4 Å². The van der Waals surface area contributed by atoms with E-state index in [2.05, 4.69) is 67.7 Å². The topological polar surface area (TPSA) is 74.8 Å². The van der Waals surface area contributed by atoms with Crippen molar-refractivity contribution in [3.8, 4) is 22.3 Å². The number of anilines is 1. The normalized spacial score (nSPS) is 15.2. The molecule has 3 heterocycles. The molecule has 46 heavy (non-hydrogen) atoms. The largest absolute Gasteiger partial charge is 0.366 e. The molecule has 7 nitrogen and oxygen atoms in total. The third-order valence-electron chi connectivity index (χ3n) is 9.24. The second-order valence-corrected chi connectivity index (χ2v) is 13.0.